The second-order valence-electron chi connectivity index (χ2n) is 6.38. The zero-order valence-electron chi connectivity index (χ0n) is 14.9. The summed E-state index contributed by atoms with van der Waals surface area (Å²) in [6.45, 7) is 5.92. The Morgan fingerprint density at radius 2 is 2.12 bits per heavy atom. The smallest absolute Gasteiger partial charge is 0.287 e. The van der Waals surface area contributed by atoms with Crippen LogP contribution in [-0.4, -0.2) is 42.1 Å². The van der Waals surface area contributed by atoms with E-state index in [1.165, 1.54) is 0 Å². The Morgan fingerprint density at radius 1 is 1.36 bits per heavy atom. The van der Waals surface area contributed by atoms with Crippen LogP contribution in [0, 0.1) is 13.8 Å². The fourth-order valence-corrected chi connectivity index (χ4v) is 3.08. The maximum atomic E-state index is 12.3. The molecule has 3 heterocycles. The summed E-state index contributed by atoms with van der Waals surface area (Å²) in [6.07, 6.45) is 3.28. The van der Waals surface area contributed by atoms with E-state index in [2.05, 4.69) is 20.2 Å². The number of aryl methyl sites for hydroxylation is 2. The number of hydrogen-bond donors (Lipinski definition) is 1. The van der Waals surface area contributed by atoms with Crippen LogP contribution < -0.4 is 10.2 Å². The number of carbonyl (C=O) groups is 1. The van der Waals surface area contributed by atoms with Crippen molar-refractivity contribution >= 4 is 11.7 Å². The first kappa shape index (κ1) is 17.4. The SMILES string of the molecule is COCc1nc(C)cc(N2CCC(NC(=O)c3occc3C)CC2)n1. The summed E-state index contributed by atoms with van der Waals surface area (Å²) in [6, 6.07) is 3.94. The van der Waals surface area contributed by atoms with E-state index in [0.717, 1.165) is 43.0 Å². The second-order valence-corrected chi connectivity index (χ2v) is 6.38. The minimum Gasteiger partial charge on any atom is -0.459 e. The second kappa shape index (κ2) is 7.65. The van der Waals surface area contributed by atoms with Crippen LogP contribution in [0.15, 0.2) is 22.8 Å². The molecule has 0 aliphatic carbocycles. The molecule has 134 valence electrons. The van der Waals surface area contributed by atoms with Gasteiger partial charge in [0, 0.05) is 43.6 Å². The van der Waals surface area contributed by atoms with E-state index in [9.17, 15) is 4.79 Å². The van der Waals surface area contributed by atoms with Crippen molar-refractivity contribution in [3.63, 3.8) is 0 Å². The fourth-order valence-electron chi connectivity index (χ4n) is 3.08. The number of nitrogens with one attached hydrogen (secondary N) is 1. The number of amides is 1. The van der Waals surface area contributed by atoms with Crippen molar-refractivity contribution in [1.82, 2.24) is 15.3 Å². The highest BCUT2D eigenvalue weighted by Gasteiger charge is 2.24. The number of methoxy groups -OCH3 is 1. The zero-order chi connectivity index (χ0) is 17.8. The van der Waals surface area contributed by atoms with Crippen molar-refractivity contribution < 1.29 is 13.9 Å². The molecule has 7 nitrogen and oxygen atoms in total. The van der Waals surface area contributed by atoms with Crippen LogP contribution in [0.1, 0.15) is 40.5 Å². The zero-order valence-corrected chi connectivity index (χ0v) is 14.9. The van der Waals surface area contributed by atoms with Gasteiger partial charge >= 0.3 is 0 Å². The summed E-state index contributed by atoms with van der Waals surface area (Å²) >= 11 is 0. The molecular weight excluding hydrogens is 320 g/mol. The predicted molar refractivity (Wildman–Crippen MR) is 93.6 cm³/mol. The highest BCUT2D eigenvalue weighted by Crippen LogP contribution is 2.20. The Bertz CT molecular complexity index is 736. The number of nitrogens with zero attached hydrogens (tertiary/aromatic N) is 3. The number of anilines is 1. The van der Waals surface area contributed by atoms with E-state index in [1.54, 1.807) is 19.4 Å². The molecular formula is C18H24N4O3. The Balaban J connectivity index is 1.58. The lowest BCUT2D eigenvalue weighted by Crippen LogP contribution is -2.45. The third-order valence-electron chi connectivity index (χ3n) is 4.38. The molecule has 0 bridgehead atoms. The Kier molecular flexibility index (Phi) is 5.33. The summed E-state index contributed by atoms with van der Waals surface area (Å²) < 4.78 is 10.4. The molecule has 0 aromatic carbocycles. The standard InChI is InChI=1S/C18H24N4O3/c1-12-6-9-25-17(12)18(23)20-14-4-7-22(8-5-14)16-10-13(2)19-15(21-16)11-24-3/h6,9-10,14H,4-5,7-8,11H2,1-3H3,(H,20,23). The van der Waals surface area contributed by atoms with E-state index in [-0.39, 0.29) is 11.9 Å². The summed E-state index contributed by atoms with van der Waals surface area (Å²) in [5.74, 6) is 1.88. The molecule has 7 heteroatoms. The van der Waals surface area contributed by atoms with Gasteiger partial charge in [-0.1, -0.05) is 0 Å². The number of aromatic nitrogens is 2. The average molecular weight is 344 g/mol. The number of hydrogen-bond acceptors (Lipinski definition) is 6. The van der Waals surface area contributed by atoms with E-state index in [0.29, 0.717) is 18.2 Å². The molecule has 1 aliphatic heterocycles. The van der Waals surface area contributed by atoms with E-state index >= 15 is 0 Å². The van der Waals surface area contributed by atoms with Crippen LogP contribution in [0.4, 0.5) is 5.82 Å². The van der Waals surface area contributed by atoms with E-state index in [1.807, 2.05) is 19.9 Å². The van der Waals surface area contributed by atoms with Gasteiger partial charge in [0.15, 0.2) is 11.6 Å². The lowest BCUT2D eigenvalue weighted by Gasteiger charge is -2.33. The van der Waals surface area contributed by atoms with Crippen LogP contribution in [-0.2, 0) is 11.3 Å². The number of rotatable bonds is 5. The van der Waals surface area contributed by atoms with Gasteiger partial charge in [-0.15, -0.1) is 0 Å². The molecule has 1 N–H and O–H groups in total. The van der Waals surface area contributed by atoms with Crippen molar-refractivity contribution in [3.8, 4) is 0 Å². The van der Waals surface area contributed by atoms with Gasteiger partial charge < -0.3 is 19.4 Å². The minimum absolute atomic E-state index is 0.138. The lowest BCUT2D eigenvalue weighted by atomic mass is 10.0. The Morgan fingerprint density at radius 3 is 2.76 bits per heavy atom. The van der Waals surface area contributed by atoms with Crippen LogP contribution in [0.3, 0.4) is 0 Å². The first-order valence-corrected chi connectivity index (χ1v) is 8.50. The monoisotopic (exact) mass is 344 g/mol. The van der Waals surface area contributed by atoms with Crippen molar-refractivity contribution in [3.05, 3.63) is 41.2 Å². The molecule has 2 aromatic heterocycles. The first-order chi connectivity index (χ1) is 12.1. The molecule has 0 unspecified atom stereocenters. The molecule has 0 spiro atoms. The minimum atomic E-state index is -0.138. The van der Waals surface area contributed by atoms with Gasteiger partial charge in [0.1, 0.15) is 12.4 Å². The van der Waals surface area contributed by atoms with Gasteiger partial charge in [0.2, 0.25) is 0 Å². The van der Waals surface area contributed by atoms with E-state index < -0.39 is 0 Å². The highest BCUT2D eigenvalue weighted by molar-refractivity contribution is 5.93. The molecule has 1 saturated heterocycles. The average Bonchev–Trinajstić information content (AvgIpc) is 3.01. The third kappa shape index (κ3) is 4.17. The van der Waals surface area contributed by atoms with Crippen LogP contribution in [0.5, 0.6) is 0 Å². The van der Waals surface area contributed by atoms with Gasteiger partial charge in [-0.05, 0) is 32.8 Å². The van der Waals surface area contributed by atoms with Gasteiger partial charge in [-0.25, -0.2) is 9.97 Å². The van der Waals surface area contributed by atoms with Gasteiger partial charge in [0.25, 0.3) is 5.91 Å². The van der Waals surface area contributed by atoms with Crippen LogP contribution >= 0.6 is 0 Å². The van der Waals surface area contributed by atoms with Gasteiger partial charge in [-0.3, -0.25) is 4.79 Å². The van der Waals surface area contributed by atoms with Crippen molar-refractivity contribution in [2.24, 2.45) is 0 Å². The summed E-state index contributed by atoms with van der Waals surface area (Å²) in [5, 5.41) is 3.07. The molecule has 0 radical (unpaired) electrons. The predicted octanol–water partition coefficient (Wildman–Crippen LogP) is 2.23. The Labute approximate surface area is 147 Å². The summed E-state index contributed by atoms with van der Waals surface area (Å²) in [5.41, 5.74) is 1.79. The molecule has 2 aromatic rings. The number of piperidine rings is 1. The van der Waals surface area contributed by atoms with Crippen molar-refractivity contribution in [2.45, 2.75) is 39.3 Å². The van der Waals surface area contributed by atoms with Crippen molar-refractivity contribution in [2.75, 3.05) is 25.1 Å². The molecule has 0 atom stereocenters. The maximum absolute atomic E-state index is 12.3. The van der Waals surface area contributed by atoms with Crippen LogP contribution in [0.25, 0.3) is 0 Å². The fraction of sp³-hybridized carbons (Fsp3) is 0.500. The van der Waals surface area contributed by atoms with Gasteiger partial charge in [-0.2, -0.15) is 0 Å². The highest BCUT2D eigenvalue weighted by atomic mass is 16.5. The first-order valence-electron chi connectivity index (χ1n) is 8.50. The molecule has 0 saturated carbocycles. The lowest BCUT2D eigenvalue weighted by molar-refractivity contribution is 0.0902. The molecule has 1 fully saturated rings. The third-order valence-corrected chi connectivity index (χ3v) is 4.38. The number of ether oxygens (including phenoxy) is 1. The summed E-state index contributed by atoms with van der Waals surface area (Å²) in [4.78, 5) is 23.4. The van der Waals surface area contributed by atoms with E-state index in [4.69, 9.17) is 9.15 Å². The largest absolute Gasteiger partial charge is 0.459 e. The maximum Gasteiger partial charge on any atom is 0.287 e. The molecule has 25 heavy (non-hydrogen) atoms. The molecule has 3 rings (SSSR count). The normalized spacial score (nSPS) is 15.4. The number of carbonyl (C=O) groups excluding carboxylic acids is 1. The summed E-state index contributed by atoms with van der Waals surface area (Å²) in [7, 11) is 1.64. The Hall–Kier alpha value is -2.41. The van der Waals surface area contributed by atoms with Gasteiger partial charge in [0.05, 0.1) is 6.26 Å². The van der Waals surface area contributed by atoms with Crippen LogP contribution in [0.2, 0.25) is 0 Å². The quantitative estimate of drug-likeness (QED) is 0.896. The van der Waals surface area contributed by atoms with Crippen molar-refractivity contribution in [1.29, 1.82) is 0 Å². The topological polar surface area (TPSA) is 80.5 Å². The molecule has 1 aliphatic rings. The molecule has 1 amide bonds. The number of furan rings is 1.